The molecule has 0 saturated carbocycles. The molecule has 3 aromatic carbocycles. The van der Waals surface area contributed by atoms with Crippen molar-refractivity contribution in [1.29, 1.82) is 0 Å². The molecule has 33 heavy (non-hydrogen) atoms. The topological polar surface area (TPSA) is 107 Å². The fraction of sp³-hybridized carbons (Fsp3) is 0.208. The number of esters is 1. The van der Waals surface area contributed by atoms with Gasteiger partial charge in [-0.05, 0) is 35.2 Å². The fourth-order valence-corrected chi connectivity index (χ4v) is 5.62. The Balaban J connectivity index is 1.56. The highest BCUT2D eigenvalue weighted by Gasteiger charge is 2.37. The first kappa shape index (κ1) is 22.6. The second kappa shape index (κ2) is 9.51. The molecule has 4 rings (SSSR count). The predicted octanol–water partition coefficient (Wildman–Crippen LogP) is 4.02. The Kier molecular flexibility index (Phi) is 6.52. The molecule has 1 aliphatic heterocycles. The average Bonchev–Trinajstić information content (AvgIpc) is 2.83. The Morgan fingerprint density at radius 3 is 2.52 bits per heavy atom. The van der Waals surface area contributed by atoms with Crippen LogP contribution in [0.15, 0.2) is 83.8 Å². The van der Waals surface area contributed by atoms with E-state index in [0.717, 1.165) is 11.1 Å². The lowest BCUT2D eigenvalue weighted by molar-refractivity contribution is -0.384. The van der Waals surface area contributed by atoms with Crippen LogP contribution in [0, 0.1) is 10.1 Å². The number of hydrogen-bond acceptors (Lipinski definition) is 6. The van der Waals surface area contributed by atoms with Gasteiger partial charge in [-0.3, -0.25) is 14.9 Å². The second-order valence-corrected chi connectivity index (χ2v) is 9.58. The normalized spacial score (nSPS) is 16.1. The van der Waals surface area contributed by atoms with Crippen molar-refractivity contribution in [2.45, 2.75) is 30.4 Å². The number of fused-ring (bicyclic) bond motifs is 1. The third-order valence-electron chi connectivity index (χ3n) is 5.59. The minimum Gasteiger partial charge on any atom is -0.461 e. The predicted molar refractivity (Wildman–Crippen MR) is 121 cm³/mol. The van der Waals surface area contributed by atoms with Crippen LogP contribution in [-0.2, 0) is 32.6 Å². The van der Waals surface area contributed by atoms with Crippen molar-refractivity contribution in [1.82, 2.24) is 4.31 Å². The van der Waals surface area contributed by atoms with E-state index in [0.29, 0.717) is 12.0 Å². The average molecular weight is 467 g/mol. The molecule has 1 unspecified atom stereocenters. The van der Waals surface area contributed by atoms with E-state index in [4.69, 9.17) is 4.74 Å². The van der Waals surface area contributed by atoms with Gasteiger partial charge >= 0.3 is 5.97 Å². The van der Waals surface area contributed by atoms with Crippen molar-refractivity contribution >= 4 is 21.7 Å². The molecule has 0 spiro atoms. The molecule has 1 atom stereocenters. The summed E-state index contributed by atoms with van der Waals surface area (Å²) in [6.07, 6.45) is 0.374. The van der Waals surface area contributed by atoms with Crippen molar-refractivity contribution < 1.29 is 22.9 Å². The SMILES string of the molecule is O=C(CC1c2ccccc2CCN1S(=O)(=O)c1ccccc1)OCc1cccc([N+](=O)[O-])c1. The van der Waals surface area contributed by atoms with Gasteiger partial charge in [0.25, 0.3) is 5.69 Å². The first-order chi connectivity index (χ1) is 15.9. The lowest BCUT2D eigenvalue weighted by Crippen LogP contribution is -2.41. The molecule has 0 N–H and O–H groups in total. The van der Waals surface area contributed by atoms with Crippen LogP contribution in [0.4, 0.5) is 5.69 Å². The molecule has 0 amide bonds. The smallest absolute Gasteiger partial charge is 0.308 e. The summed E-state index contributed by atoms with van der Waals surface area (Å²) in [7, 11) is -3.83. The van der Waals surface area contributed by atoms with Gasteiger partial charge in [0.15, 0.2) is 0 Å². The van der Waals surface area contributed by atoms with Crippen molar-refractivity contribution in [3.05, 3.63) is 106 Å². The zero-order chi connectivity index (χ0) is 23.4. The van der Waals surface area contributed by atoms with Crippen molar-refractivity contribution in [3.8, 4) is 0 Å². The Labute approximate surface area is 191 Å². The van der Waals surface area contributed by atoms with E-state index in [2.05, 4.69) is 0 Å². The van der Waals surface area contributed by atoms with E-state index < -0.39 is 27.0 Å². The number of nitro benzene ring substituents is 1. The van der Waals surface area contributed by atoms with E-state index in [-0.39, 0.29) is 30.2 Å². The maximum Gasteiger partial charge on any atom is 0.308 e. The number of benzene rings is 3. The minimum atomic E-state index is -3.83. The molecule has 1 aliphatic rings. The zero-order valence-electron chi connectivity index (χ0n) is 17.7. The van der Waals surface area contributed by atoms with Crippen LogP contribution in [0.25, 0.3) is 0 Å². The molecular formula is C24H22N2O6S. The van der Waals surface area contributed by atoms with Gasteiger partial charge in [-0.2, -0.15) is 4.31 Å². The Morgan fingerprint density at radius 1 is 1.03 bits per heavy atom. The molecule has 0 aliphatic carbocycles. The van der Waals surface area contributed by atoms with Crippen LogP contribution < -0.4 is 0 Å². The number of carbonyl (C=O) groups is 1. The largest absolute Gasteiger partial charge is 0.461 e. The molecule has 0 saturated heterocycles. The molecule has 0 fully saturated rings. The Bertz CT molecular complexity index is 1280. The lowest BCUT2D eigenvalue weighted by Gasteiger charge is -2.36. The number of ether oxygens (including phenoxy) is 1. The van der Waals surface area contributed by atoms with E-state index in [9.17, 15) is 23.3 Å². The van der Waals surface area contributed by atoms with Gasteiger partial charge < -0.3 is 4.74 Å². The number of nitrogens with zero attached hydrogens (tertiary/aromatic N) is 2. The maximum absolute atomic E-state index is 13.4. The molecule has 1 heterocycles. The first-order valence-electron chi connectivity index (χ1n) is 10.4. The summed E-state index contributed by atoms with van der Waals surface area (Å²) >= 11 is 0. The van der Waals surface area contributed by atoms with Crippen molar-refractivity contribution in [2.24, 2.45) is 0 Å². The molecule has 8 nitrogen and oxygen atoms in total. The van der Waals surface area contributed by atoms with Crippen LogP contribution >= 0.6 is 0 Å². The summed E-state index contributed by atoms with van der Waals surface area (Å²) < 4.78 is 33.5. The maximum atomic E-state index is 13.4. The zero-order valence-corrected chi connectivity index (χ0v) is 18.5. The second-order valence-electron chi connectivity index (χ2n) is 7.69. The van der Waals surface area contributed by atoms with Crippen LogP contribution in [0.3, 0.4) is 0 Å². The van der Waals surface area contributed by atoms with Crippen LogP contribution in [0.5, 0.6) is 0 Å². The highest BCUT2D eigenvalue weighted by molar-refractivity contribution is 7.89. The van der Waals surface area contributed by atoms with Gasteiger partial charge in [-0.25, -0.2) is 8.42 Å². The molecular weight excluding hydrogens is 444 g/mol. The quantitative estimate of drug-likeness (QED) is 0.296. The molecule has 170 valence electrons. The van der Waals surface area contributed by atoms with Crippen LogP contribution in [-0.4, -0.2) is 30.2 Å². The standard InChI is InChI=1S/C24H22N2O6S/c27-24(32-17-18-7-6-9-20(15-18)26(28)29)16-23-22-12-5-4-8-19(22)13-14-25(23)33(30,31)21-10-2-1-3-11-21/h1-12,15,23H,13-14,16-17H2. The summed E-state index contributed by atoms with van der Waals surface area (Å²) in [5.41, 5.74) is 2.16. The number of hydrogen-bond donors (Lipinski definition) is 0. The van der Waals surface area contributed by atoms with E-state index >= 15 is 0 Å². The lowest BCUT2D eigenvalue weighted by atomic mass is 9.92. The highest BCUT2D eigenvalue weighted by atomic mass is 32.2. The Hall–Kier alpha value is -3.56. The molecule has 0 radical (unpaired) electrons. The van der Waals surface area contributed by atoms with Gasteiger partial charge in [-0.1, -0.05) is 54.6 Å². The summed E-state index contributed by atoms with van der Waals surface area (Å²) in [6, 6.07) is 20.7. The monoisotopic (exact) mass is 466 g/mol. The number of sulfonamides is 1. The third-order valence-corrected chi connectivity index (χ3v) is 7.52. The number of nitro groups is 1. The van der Waals surface area contributed by atoms with Crippen molar-refractivity contribution in [3.63, 3.8) is 0 Å². The van der Waals surface area contributed by atoms with E-state index in [1.54, 1.807) is 24.3 Å². The minimum absolute atomic E-state index is 0.0927. The van der Waals surface area contributed by atoms with E-state index in [1.165, 1.54) is 34.6 Å². The summed E-state index contributed by atoms with van der Waals surface area (Å²) in [6.45, 7) is 0.109. The first-order valence-corrected chi connectivity index (χ1v) is 11.8. The van der Waals surface area contributed by atoms with Crippen LogP contribution in [0.2, 0.25) is 0 Å². The van der Waals surface area contributed by atoms with Crippen molar-refractivity contribution in [2.75, 3.05) is 6.54 Å². The molecule has 0 aromatic heterocycles. The molecule has 0 bridgehead atoms. The van der Waals surface area contributed by atoms with Gasteiger partial charge in [-0.15, -0.1) is 0 Å². The fourth-order valence-electron chi connectivity index (χ4n) is 4.00. The van der Waals surface area contributed by atoms with Gasteiger partial charge in [0.05, 0.1) is 22.3 Å². The van der Waals surface area contributed by atoms with Gasteiger partial charge in [0.2, 0.25) is 10.0 Å². The summed E-state index contributed by atoms with van der Waals surface area (Å²) in [5, 5.41) is 11.0. The highest BCUT2D eigenvalue weighted by Crippen LogP contribution is 2.36. The summed E-state index contributed by atoms with van der Waals surface area (Å²) in [4.78, 5) is 23.3. The summed E-state index contributed by atoms with van der Waals surface area (Å²) in [5.74, 6) is -0.587. The third kappa shape index (κ3) is 4.94. The van der Waals surface area contributed by atoms with Gasteiger partial charge in [0.1, 0.15) is 6.61 Å². The molecule has 9 heteroatoms. The number of rotatable bonds is 7. The van der Waals surface area contributed by atoms with E-state index in [1.807, 2.05) is 24.3 Å². The van der Waals surface area contributed by atoms with Crippen LogP contribution in [0.1, 0.15) is 29.2 Å². The number of carbonyl (C=O) groups excluding carboxylic acids is 1. The van der Waals surface area contributed by atoms with Gasteiger partial charge in [0, 0.05) is 18.7 Å². The molecule has 3 aromatic rings. The number of non-ortho nitro benzene ring substituents is 1. The Morgan fingerprint density at radius 2 is 1.76 bits per heavy atom.